The summed E-state index contributed by atoms with van der Waals surface area (Å²) in [6.07, 6.45) is 0.447. The fraction of sp³-hybridized carbons (Fsp3) is 0.727. The second kappa shape index (κ2) is 6.65. The topological polar surface area (TPSA) is 91.2 Å². The van der Waals surface area contributed by atoms with Crippen molar-refractivity contribution in [1.29, 1.82) is 0 Å². The molecule has 0 saturated carbocycles. The van der Waals surface area contributed by atoms with Crippen LogP contribution in [-0.2, 0) is 21.1 Å². The molecule has 0 fully saturated rings. The molecule has 0 saturated heterocycles. The molecule has 1 aromatic rings. The van der Waals surface area contributed by atoms with E-state index in [9.17, 15) is 13.2 Å². The van der Waals surface area contributed by atoms with E-state index in [4.69, 9.17) is 4.74 Å². The number of aryl methyl sites for hydroxylation is 1. The van der Waals surface area contributed by atoms with Crippen LogP contribution in [0.3, 0.4) is 0 Å². The lowest BCUT2D eigenvalue weighted by Crippen LogP contribution is -2.13. The van der Waals surface area contributed by atoms with Gasteiger partial charge in [-0.15, -0.1) is 5.10 Å². The Labute approximate surface area is 112 Å². The zero-order valence-electron chi connectivity index (χ0n) is 11.4. The molecule has 8 heteroatoms. The van der Waals surface area contributed by atoms with Gasteiger partial charge in [-0.05, 0) is 20.3 Å². The number of esters is 1. The Hall–Kier alpha value is -1.44. The second-order valence-electron chi connectivity index (χ2n) is 4.06. The minimum atomic E-state index is -2.97. The highest BCUT2D eigenvalue weighted by Gasteiger charge is 2.17. The van der Waals surface area contributed by atoms with E-state index in [1.54, 1.807) is 20.8 Å². The molecular weight excluding hydrogens is 270 g/mol. The first-order valence-corrected chi connectivity index (χ1v) is 8.01. The van der Waals surface area contributed by atoms with Crippen LogP contribution in [0.4, 0.5) is 0 Å². The van der Waals surface area contributed by atoms with E-state index in [0.29, 0.717) is 18.7 Å². The third-order valence-corrected chi connectivity index (χ3v) is 4.51. The Kier molecular flexibility index (Phi) is 5.46. The molecule has 108 valence electrons. The maximum atomic E-state index is 11.5. The van der Waals surface area contributed by atoms with Crippen LogP contribution in [0.1, 0.15) is 36.5 Å². The maximum Gasteiger partial charge on any atom is 0.360 e. The number of nitrogens with zero attached hydrogens (tertiary/aromatic N) is 3. The fourth-order valence-electron chi connectivity index (χ4n) is 1.54. The molecule has 7 nitrogen and oxygen atoms in total. The Morgan fingerprint density at radius 1 is 1.37 bits per heavy atom. The van der Waals surface area contributed by atoms with E-state index < -0.39 is 15.8 Å². The molecule has 0 atom stereocenters. The third-order valence-electron chi connectivity index (χ3n) is 2.72. The molecule has 0 bridgehead atoms. The van der Waals surface area contributed by atoms with Gasteiger partial charge < -0.3 is 4.74 Å². The van der Waals surface area contributed by atoms with Crippen molar-refractivity contribution < 1.29 is 17.9 Å². The van der Waals surface area contributed by atoms with Crippen molar-refractivity contribution in [3.8, 4) is 0 Å². The molecule has 0 radical (unpaired) electrons. The van der Waals surface area contributed by atoms with Crippen molar-refractivity contribution >= 4 is 15.8 Å². The molecule has 1 rings (SSSR count). The molecule has 0 unspecified atom stereocenters. The van der Waals surface area contributed by atoms with Gasteiger partial charge in [0.2, 0.25) is 0 Å². The highest BCUT2D eigenvalue weighted by atomic mass is 32.2. The molecule has 0 aromatic carbocycles. The molecule has 1 heterocycles. The summed E-state index contributed by atoms with van der Waals surface area (Å²) in [6.45, 7) is 5.74. The summed E-state index contributed by atoms with van der Waals surface area (Å²) >= 11 is 0. The highest BCUT2D eigenvalue weighted by Crippen LogP contribution is 2.07. The van der Waals surface area contributed by atoms with E-state index in [1.807, 2.05) is 0 Å². The average Bonchev–Trinajstić information content (AvgIpc) is 2.71. The number of sulfone groups is 1. The van der Waals surface area contributed by atoms with Gasteiger partial charge >= 0.3 is 5.97 Å². The molecule has 0 spiro atoms. The van der Waals surface area contributed by atoms with E-state index in [0.717, 1.165) is 0 Å². The molecule has 0 aliphatic carbocycles. The number of carbonyl (C=O) groups is 1. The summed E-state index contributed by atoms with van der Waals surface area (Å²) in [5, 5.41) is 7.59. The lowest BCUT2D eigenvalue weighted by atomic mass is 10.3. The molecule has 0 N–H and O–H groups in total. The minimum Gasteiger partial charge on any atom is -0.461 e. The monoisotopic (exact) mass is 289 g/mol. The van der Waals surface area contributed by atoms with Gasteiger partial charge in [-0.1, -0.05) is 12.1 Å². The van der Waals surface area contributed by atoms with Crippen molar-refractivity contribution in [2.24, 2.45) is 0 Å². The predicted octanol–water partition coefficient (Wildman–Crippen LogP) is 0.588. The number of ether oxygens (including phenoxy) is 1. The van der Waals surface area contributed by atoms with Crippen LogP contribution in [0.15, 0.2) is 0 Å². The van der Waals surface area contributed by atoms with Crippen LogP contribution in [0.2, 0.25) is 0 Å². The minimum absolute atomic E-state index is 0.109. The number of hydrogen-bond donors (Lipinski definition) is 0. The summed E-state index contributed by atoms with van der Waals surface area (Å²) in [4.78, 5) is 11.5. The van der Waals surface area contributed by atoms with Crippen molar-refractivity contribution in [1.82, 2.24) is 15.0 Å². The van der Waals surface area contributed by atoms with E-state index in [2.05, 4.69) is 10.3 Å². The average molecular weight is 289 g/mol. The number of aromatic nitrogens is 3. The predicted molar refractivity (Wildman–Crippen MR) is 69.7 cm³/mol. The summed E-state index contributed by atoms with van der Waals surface area (Å²) in [7, 11) is -2.97. The summed E-state index contributed by atoms with van der Waals surface area (Å²) < 4.78 is 29.1. The van der Waals surface area contributed by atoms with Gasteiger partial charge in [0.15, 0.2) is 5.69 Å². The SMILES string of the molecule is CCOC(=O)c1nnn(CCCS(=O)(=O)CC)c1C. The third kappa shape index (κ3) is 4.30. The van der Waals surface area contributed by atoms with Crippen molar-refractivity contribution in [2.75, 3.05) is 18.1 Å². The molecular formula is C11H19N3O4S. The van der Waals surface area contributed by atoms with Crippen molar-refractivity contribution in [3.05, 3.63) is 11.4 Å². The van der Waals surface area contributed by atoms with Gasteiger partial charge in [-0.25, -0.2) is 17.9 Å². The van der Waals surface area contributed by atoms with Gasteiger partial charge in [-0.3, -0.25) is 0 Å². The van der Waals surface area contributed by atoms with Gasteiger partial charge in [0, 0.05) is 12.3 Å². The Balaban J connectivity index is 2.64. The van der Waals surface area contributed by atoms with Crippen LogP contribution in [0.5, 0.6) is 0 Å². The molecule has 1 aromatic heterocycles. The van der Waals surface area contributed by atoms with Crippen LogP contribution in [0.25, 0.3) is 0 Å². The summed E-state index contributed by atoms with van der Waals surface area (Å²) in [5.41, 5.74) is 0.771. The van der Waals surface area contributed by atoms with Gasteiger partial charge in [0.1, 0.15) is 9.84 Å². The standard InChI is InChI=1S/C11H19N3O4S/c1-4-18-11(15)10-9(3)14(13-12-10)7-6-8-19(16,17)5-2/h4-8H2,1-3H3. The number of carbonyl (C=O) groups excluding carboxylic acids is 1. The maximum absolute atomic E-state index is 11.5. The zero-order chi connectivity index (χ0) is 14.5. The van der Waals surface area contributed by atoms with E-state index >= 15 is 0 Å². The zero-order valence-corrected chi connectivity index (χ0v) is 12.2. The lowest BCUT2D eigenvalue weighted by Gasteiger charge is -2.04. The second-order valence-corrected chi connectivity index (χ2v) is 6.53. The number of rotatable bonds is 7. The first-order chi connectivity index (χ1) is 8.91. The van der Waals surface area contributed by atoms with Gasteiger partial charge in [0.25, 0.3) is 0 Å². The van der Waals surface area contributed by atoms with Crippen LogP contribution >= 0.6 is 0 Å². The molecule has 19 heavy (non-hydrogen) atoms. The van der Waals surface area contributed by atoms with Gasteiger partial charge in [-0.2, -0.15) is 0 Å². The van der Waals surface area contributed by atoms with E-state index in [1.165, 1.54) is 4.68 Å². The largest absolute Gasteiger partial charge is 0.461 e. The van der Waals surface area contributed by atoms with E-state index in [-0.39, 0.29) is 23.8 Å². The van der Waals surface area contributed by atoms with Crippen LogP contribution in [0, 0.1) is 6.92 Å². The normalized spacial score (nSPS) is 11.5. The van der Waals surface area contributed by atoms with Gasteiger partial charge in [0.05, 0.1) is 18.1 Å². The van der Waals surface area contributed by atoms with Crippen molar-refractivity contribution in [3.63, 3.8) is 0 Å². The van der Waals surface area contributed by atoms with Crippen LogP contribution in [-0.4, -0.2) is 47.5 Å². The first kappa shape index (κ1) is 15.6. The molecule has 0 amide bonds. The van der Waals surface area contributed by atoms with Crippen molar-refractivity contribution in [2.45, 2.75) is 33.7 Å². The Morgan fingerprint density at radius 2 is 2.05 bits per heavy atom. The van der Waals surface area contributed by atoms with Crippen LogP contribution < -0.4 is 0 Å². The lowest BCUT2D eigenvalue weighted by molar-refractivity contribution is 0.0518. The number of hydrogen-bond acceptors (Lipinski definition) is 6. The first-order valence-electron chi connectivity index (χ1n) is 6.19. The summed E-state index contributed by atoms with van der Waals surface area (Å²) in [6, 6.07) is 0. The fourth-order valence-corrected chi connectivity index (χ4v) is 2.40. The quantitative estimate of drug-likeness (QED) is 0.682. The summed E-state index contributed by atoms with van der Waals surface area (Å²) in [5.74, 6) is -0.262. The molecule has 0 aliphatic rings. The molecule has 0 aliphatic heterocycles. The highest BCUT2D eigenvalue weighted by molar-refractivity contribution is 7.91. The Bertz CT molecular complexity index is 536. The smallest absolute Gasteiger partial charge is 0.360 e. The Morgan fingerprint density at radius 3 is 2.63 bits per heavy atom.